The van der Waals surface area contributed by atoms with Crippen LogP contribution >= 0.6 is 12.4 Å². The van der Waals surface area contributed by atoms with Crippen LogP contribution in [-0.2, 0) is 4.79 Å². The van der Waals surface area contributed by atoms with Crippen molar-refractivity contribution < 1.29 is 4.79 Å². The van der Waals surface area contributed by atoms with Crippen LogP contribution in [0, 0.1) is 5.92 Å². The lowest BCUT2D eigenvalue weighted by Gasteiger charge is -2.21. The van der Waals surface area contributed by atoms with Gasteiger partial charge in [0.1, 0.15) is 0 Å². The highest BCUT2D eigenvalue weighted by atomic mass is 35.5. The van der Waals surface area contributed by atoms with Crippen LogP contribution in [0.3, 0.4) is 0 Å². The standard InChI is InChI=1S/C12H24N2O.ClH/c1-13-10-12(15)14-9-5-8-11-6-3-2-4-7-11;/h11,13H,2-10H2,1H3,(H,14,15);1H. The van der Waals surface area contributed by atoms with Crippen molar-refractivity contribution in [3.05, 3.63) is 0 Å². The number of carbonyl (C=O) groups excluding carboxylic acids is 1. The van der Waals surface area contributed by atoms with Gasteiger partial charge in [-0.3, -0.25) is 4.79 Å². The lowest BCUT2D eigenvalue weighted by molar-refractivity contribution is -0.120. The first kappa shape index (κ1) is 15.7. The Morgan fingerprint density at radius 1 is 1.25 bits per heavy atom. The van der Waals surface area contributed by atoms with Crippen LogP contribution in [0.25, 0.3) is 0 Å². The SMILES string of the molecule is CNCC(=O)NCCCC1CCCCC1.Cl. The summed E-state index contributed by atoms with van der Waals surface area (Å²) in [7, 11) is 1.79. The molecule has 1 aliphatic rings. The quantitative estimate of drug-likeness (QED) is 0.707. The van der Waals surface area contributed by atoms with Crippen molar-refractivity contribution in [2.45, 2.75) is 44.9 Å². The summed E-state index contributed by atoms with van der Waals surface area (Å²) in [4.78, 5) is 11.1. The fourth-order valence-electron chi connectivity index (χ4n) is 2.32. The summed E-state index contributed by atoms with van der Waals surface area (Å²) in [5.74, 6) is 1.04. The average molecular weight is 249 g/mol. The number of halogens is 1. The summed E-state index contributed by atoms with van der Waals surface area (Å²) in [6, 6.07) is 0. The van der Waals surface area contributed by atoms with Gasteiger partial charge in [-0.1, -0.05) is 32.1 Å². The molecule has 0 atom stereocenters. The molecule has 0 aromatic carbocycles. The van der Waals surface area contributed by atoms with Gasteiger partial charge < -0.3 is 10.6 Å². The topological polar surface area (TPSA) is 41.1 Å². The maximum Gasteiger partial charge on any atom is 0.233 e. The van der Waals surface area contributed by atoms with Gasteiger partial charge in [-0.2, -0.15) is 0 Å². The Balaban J connectivity index is 0.00000225. The van der Waals surface area contributed by atoms with Gasteiger partial charge in [0.15, 0.2) is 0 Å². The van der Waals surface area contributed by atoms with Crippen molar-refractivity contribution >= 4 is 18.3 Å². The number of hydrogen-bond donors (Lipinski definition) is 2. The van der Waals surface area contributed by atoms with E-state index in [4.69, 9.17) is 0 Å². The van der Waals surface area contributed by atoms with Crippen molar-refractivity contribution in [1.29, 1.82) is 0 Å². The third-order valence-electron chi connectivity index (χ3n) is 3.17. The van der Waals surface area contributed by atoms with Gasteiger partial charge in [0.25, 0.3) is 0 Å². The molecule has 1 saturated carbocycles. The molecule has 0 aromatic rings. The number of nitrogens with one attached hydrogen (secondary N) is 2. The largest absolute Gasteiger partial charge is 0.355 e. The summed E-state index contributed by atoms with van der Waals surface area (Å²) in [6.45, 7) is 1.28. The Morgan fingerprint density at radius 2 is 1.94 bits per heavy atom. The van der Waals surface area contributed by atoms with E-state index in [-0.39, 0.29) is 18.3 Å². The van der Waals surface area contributed by atoms with Crippen LogP contribution in [0.4, 0.5) is 0 Å². The fourth-order valence-corrected chi connectivity index (χ4v) is 2.32. The molecule has 1 fully saturated rings. The summed E-state index contributed by atoms with van der Waals surface area (Å²) < 4.78 is 0. The van der Waals surface area contributed by atoms with Crippen LogP contribution in [0.2, 0.25) is 0 Å². The van der Waals surface area contributed by atoms with Crippen LogP contribution in [0.15, 0.2) is 0 Å². The number of rotatable bonds is 6. The van der Waals surface area contributed by atoms with Crippen LogP contribution in [-0.4, -0.2) is 26.0 Å². The first-order valence-electron chi connectivity index (χ1n) is 6.24. The number of carbonyl (C=O) groups is 1. The number of hydrogen-bond acceptors (Lipinski definition) is 2. The molecule has 0 bridgehead atoms. The second-order valence-electron chi connectivity index (χ2n) is 4.53. The van der Waals surface area contributed by atoms with Crippen molar-refractivity contribution in [2.24, 2.45) is 5.92 Å². The van der Waals surface area contributed by atoms with E-state index in [9.17, 15) is 4.79 Å². The minimum Gasteiger partial charge on any atom is -0.355 e. The highest BCUT2D eigenvalue weighted by Gasteiger charge is 2.12. The molecule has 1 aliphatic carbocycles. The second-order valence-corrected chi connectivity index (χ2v) is 4.53. The molecule has 96 valence electrons. The summed E-state index contributed by atoms with van der Waals surface area (Å²) in [5.41, 5.74) is 0. The molecule has 0 saturated heterocycles. The monoisotopic (exact) mass is 248 g/mol. The van der Waals surface area contributed by atoms with E-state index in [1.165, 1.54) is 38.5 Å². The third kappa shape index (κ3) is 7.07. The van der Waals surface area contributed by atoms with Crippen LogP contribution < -0.4 is 10.6 Å². The number of amides is 1. The zero-order valence-corrected chi connectivity index (χ0v) is 11.1. The van der Waals surface area contributed by atoms with E-state index in [2.05, 4.69) is 10.6 Å². The van der Waals surface area contributed by atoms with Gasteiger partial charge in [-0.25, -0.2) is 0 Å². The van der Waals surface area contributed by atoms with E-state index in [0.29, 0.717) is 6.54 Å². The first-order chi connectivity index (χ1) is 7.33. The van der Waals surface area contributed by atoms with Crippen LogP contribution in [0.1, 0.15) is 44.9 Å². The zero-order chi connectivity index (χ0) is 10.9. The zero-order valence-electron chi connectivity index (χ0n) is 10.3. The third-order valence-corrected chi connectivity index (χ3v) is 3.17. The smallest absolute Gasteiger partial charge is 0.233 e. The van der Waals surface area contributed by atoms with Crippen LogP contribution in [0.5, 0.6) is 0 Å². The predicted molar refractivity (Wildman–Crippen MR) is 70.0 cm³/mol. The molecule has 0 aromatic heterocycles. The Bertz CT molecular complexity index is 182. The van der Waals surface area contributed by atoms with E-state index in [0.717, 1.165) is 18.9 Å². The van der Waals surface area contributed by atoms with E-state index >= 15 is 0 Å². The Kier molecular flexibility index (Phi) is 9.74. The Hall–Kier alpha value is -0.280. The molecular formula is C12H25ClN2O. The molecule has 0 unspecified atom stereocenters. The molecule has 0 spiro atoms. The predicted octanol–water partition coefficient (Wildman–Crippen LogP) is 2.10. The second kappa shape index (κ2) is 9.91. The van der Waals surface area contributed by atoms with Gasteiger partial charge >= 0.3 is 0 Å². The lowest BCUT2D eigenvalue weighted by atomic mass is 9.86. The van der Waals surface area contributed by atoms with Crippen molar-refractivity contribution in [3.8, 4) is 0 Å². The normalized spacial score (nSPS) is 16.6. The molecule has 3 nitrogen and oxygen atoms in total. The van der Waals surface area contributed by atoms with E-state index in [1.807, 2.05) is 0 Å². The lowest BCUT2D eigenvalue weighted by Crippen LogP contribution is -2.32. The van der Waals surface area contributed by atoms with Crippen molar-refractivity contribution in [3.63, 3.8) is 0 Å². The molecular weight excluding hydrogens is 224 g/mol. The van der Waals surface area contributed by atoms with E-state index < -0.39 is 0 Å². The summed E-state index contributed by atoms with van der Waals surface area (Å²) in [5, 5.41) is 5.77. The molecule has 1 amide bonds. The highest BCUT2D eigenvalue weighted by molar-refractivity contribution is 5.85. The highest BCUT2D eigenvalue weighted by Crippen LogP contribution is 2.26. The molecule has 2 N–H and O–H groups in total. The minimum atomic E-state index is 0. The van der Waals surface area contributed by atoms with Gasteiger partial charge in [-0.15, -0.1) is 12.4 Å². The molecule has 1 rings (SSSR count). The molecule has 0 aliphatic heterocycles. The first-order valence-corrected chi connectivity index (χ1v) is 6.24. The summed E-state index contributed by atoms with van der Waals surface area (Å²) >= 11 is 0. The van der Waals surface area contributed by atoms with Gasteiger partial charge in [-0.05, 0) is 25.8 Å². The van der Waals surface area contributed by atoms with Gasteiger partial charge in [0, 0.05) is 6.54 Å². The average Bonchev–Trinajstić information content (AvgIpc) is 2.26. The Labute approximate surface area is 105 Å². The van der Waals surface area contributed by atoms with Crippen molar-refractivity contribution in [2.75, 3.05) is 20.1 Å². The van der Waals surface area contributed by atoms with E-state index in [1.54, 1.807) is 7.05 Å². The number of likely N-dealkylation sites (N-methyl/N-ethyl adjacent to an activating group) is 1. The fraction of sp³-hybridized carbons (Fsp3) is 0.917. The molecule has 16 heavy (non-hydrogen) atoms. The summed E-state index contributed by atoms with van der Waals surface area (Å²) in [6.07, 6.45) is 9.50. The maximum absolute atomic E-state index is 11.1. The Morgan fingerprint density at radius 3 is 2.56 bits per heavy atom. The van der Waals surface area contributed by atoms with Gasteiger partial charge in [0.05, 0.1) is 6.54 Å². The van der Waals surface area contributed by atoms with Crippen molar-refractivity contribution in [1.82, 2.24) is 10.6 Å². The molecule has 4 heteroatoms. The van der Waals surface area contributed by atoms with Gasteiger partial charge in [0.2, 0.25) is 5.91 Å². The molecule has 0 radical (unpaired) electrons. The minimum absolute atomic E-state index is 0. The maximum atomic E-state index is 11.1. The molecule has 0 heterocycles.